The highest BCUT2D eigenvalue weighted by Gasteiger charge is 2.28. The van der Waals surface area contributed by atoms with Crippen LogP contribution < -0.4 is 0 Å². The van der Waals surface area contributed by atoms with Crippen LogP contribution in [-0.4, -0.2) is 48.4 Å². The van der Waals surface area contributed by atoms with Gasteiger partial charge in [0.05, 0.1) is 5.88 Å². The summed E-state index contributed by atoms with van der Waals surface area (Å²) < 4.78 is 0. The summed E-state index contributed by atoms with van der Waals surface area (Å²) in [6.45, 7) is 8.35. The SMILES string of the molecule is CC(C)CCN1CC(N(C)CSS)C1. The van der Waals surface area contributed by atoms with Crippen LogP contribution in [-0.2, 0) is 0 Å². The first kappa shape index (κ1) is 12.7. The molecule has 4 heteroatoms. The molecule has 0 aromatic heterocycles. The summed E-state index contributed by atoms with van der Waals surface area (Å²) in [5.41, 5.74) is 0. The molecular weight excluding hydrogens is 212 g/mol. The molecule has 0 aromatic rings. The zero-order valence-corrected chi connectivity index (χ0v) is 11.2. The van der Waals surface area contributed by atoms with Crippen molar-refractivity contribution in [2.24, 2.45) is 5.92 Å². The van der Waals surface area contributed by atoms with Gasteiger partial charge in [0.2, 0.25) is 0 Å². The molecule has 1 heterocycles. The van der Waals surface area contributed by atoms with Crippen LogP contribution in [0.5, 0.6) is 0 Å². The number of nitrogens with zero attached hydrogens (tertiary/aromatic N) is 2. The second kappa shape index (κ2) is 6.26. The van der Waals surface area contributed by atoms with Crippen molar-refractivity contribution in [3.63, 3.8) is 0 Å². The van der Waals surface area contributed by atoms with Gasteiger partial charge in [-0.05, 0) is 25.9 Å². The minimum absolute atomic E-state index is 0.766. The lowest BCUT2D eigenvalue weighted by Crippen LogP contribution is -2.58. The monoisotopic (exact) mass is 234 g/mol. The molecule has 0 saturated carbocycles. The summed E-state index contributed by atoms with van der Waals surface area (Å²) in [6, 6.07) is 0.766. The lowest BCUT2D eigenvalue weighted by molar-refractivity contribution is 0.0570. The Morgan fingerprint density at radius 2 is 2.14 bits per heavy atom. The topological polar surface area (TPSA) is 6.48 Å². The Morgan fingerprint density at radius 1 is 1.50 bits per heavy atom. The minimum Gasteiger partial charge on any atom is -0.300 e. The van der Waals surface area contributed by atoms with Crippen LogP contribution in [0.2, 0.25) is 0 Å². The van der Waals surface area contributed by atoms with Gasteiger partial charge in [0.15, 0.2) is 0 Å². The molecule has 1 aliphatic rings. The average Bonchev–Trinajstić information content (AvgIpc) is 2.01. The molecule has 1 fully saturated rings. The summed E-state index contributed by atoms with van der Waals surface area (Å²) in [5, 5.41) is 0. The van der Waals surface area contributed by atoms with Gasteiger partial charge >= 0.3 is 0 Å². The fourth-order valence-corrected chi connectivity index (χ4v) is 2.58. The van der Waals surface area contributed by atoms with Crippen molar-refractivity contribution in [1.82, 2.24) is 9.80 Å². The van der Waals surface area contributed by atoms with Gasteiger partial charge in [-0.2, -0.15) is 0 Å². The van der Waals surface area contributed by atoms with Gasteiger partial charge in [-0.25, -0.2) is 0 Å². The highest BCUT2D eigenvalue weighted by Crippen LogP contribution is 2.18. The molecule has 0 unspecified atom stereocenters. The zero-order valence-electron chi connectivity index (χ0n) is 9.44. The van der Waals surface area contributed by atoms with Gasteiger partial charge in [0.25, 0.3) is 0 Å². The number of hydrogen-bond acceptors (Lipinski definition) is 4. The first-order valence-corrected chi connectivity index (χ1v) is 7.36. The Kier molecular flexibility index (Phi) is 5.67. The van der Waals surface area contributed by atoms with Crippen molar-refractivity contribution < 1.29 is 0 Å². The number of rotatable bonds is 6. The van der Waals surface area contributed by atoms with Gasteiger partial charge in [-0.3, -0.25) is 4.90 Å². The predicted molar refractivity (Wildman–Crippen MR) is 68.9 cm³/mol. The molecular formula is C10H22N2S2. The van der Waals surface area contributed by atoms with Crippen molar-refractivity contribution in [3.8, 4) is 0 Å². The number of likely N-dealkylation sites (tertiary alicyclic amines) is 1. The average molecular weight is 234 g/mol. The van der Waals surface area contributed by atoms with Crippen LogP contribution in [0.15, 0.2) is 0 Å². The number of thiol groups is 1. The van der Waals surface area contributed by atoms with Crippen molar-refractivity contribution in [2.45, 2.75) is 26.3 Å². The van der Waals surface area contributed by atoms with E-state index in [-0.39, 0.29) is 0 Å². The van der Waals surface area contributed by atoms with E-state index in [1.807, 2.05) is 0 Å². The fourth-order valence-electron chi connectivity index (χ4n) is 1.64. The zero-order chi connectivity index (χ0) is 10.6. The third-order valence-corrected chi connectivity index (χ3v) is 3.71. The lowest BCUT2D eigenvalue weighted by Gasteiger charge is -2.44. The molecule has 0 N–H and O–H groups in total. The van der Waals surface area contributed by atoms with Gasteiger partial charge in [-0.15, -0.1) is 11.7 Å². The van der Waals surface area contributed by atoms with E-state index in [2.05, 4.69) is 42.4 Å². The molecule has 0 bridgehead atoms. The van der Waals surface area contributed by atoms with Crippen LogP contribution in [0, 0.1) is 5.92 Å². The van der Waals surface area contributed by atoms with Crippen molar-refractivity contribution in [1.29, 1.82) is 0 Å². The number of likely N-dealkylation sites (N-methyl/N-ethyl adjacent to an activating group) is 1. The summed E-state index contributed by atoms with van der Waals surface area (Å²) in [7, 11) is 3.80. The Balaban J connectivity index is 2.05. The maximum atomic E-state index is 4.17. The molecule has 0 aliphatic carbocycles. The molecule has 0 aromatic carbocycles. The quantitative estimate of drug-likeness (QED) is 0.428. The molecule has 0 amide bonds. The van der Waals surface area contributed by atoms with Crippen molar-refractivity contribution in [3.05, 3.63) is 0 Å². The Hall–Kier alpha value is 0.620. The van der Waals surface area contributed by atoms with E-state index in [4.69, 9.17) is 0 Å². The van der Waals surface area contributed by atoms with E-state index in [0.29, 0.717) is 0 Å². The molecule has 1 rings (SSSR count). The van der Waals surface area contributed by atoms with Gasteiger partial charge in [-0.1, -0.05) is 24.6 Å². The van der Waals surface area contributed by atoms with Gasteiger partial charge in [0, 0.05) is 19.1 Å². The third kappa shape index (κ3) is 4.01. The van der Waals surface area contributed by atoms with Gasteiger partial charge in [0.1, 0.15) is 0 Å². The van der Waals surface area contributed by atoms with E-state index in [0.717, 1.165) is 17.8 Å². The first-order valence-electron chi connectivity index (χ1n) is 5.32. The predicted octanol–water partition coefficient (Wildman–Crippen LogP) is 2.18. The minimum atomic E-state index is 0.766. The highest BCUT2D eigenvalue weighted by molar-refractivity contribution is 8.68. The van der Waals surface area contributed by atoms with Crippen molar-refractivity contribution in [2.75, 3.05) is 32.6 Å². The Labute approximate surface area is 97.2 Å². The van der Waals surface area contributed by atoms with Crippen LogP contribution in [0.25, 0.3) is 0 Å². The summed E-state index contributed by atoms with van der Waals surface area (Å²) in [4.78, 5) is 4.94. The van der Waals surface area contributed by atoms with E-state index < -0.39 is 0 Å². The van der Waals surface area contributed by atoms with Gasteiger partial charge < -0.3 is 4.90 Å². The molecule has 14 heavy (non-hydrogen) atoms. The second-order valence-corrected chi connectivity index (χ2v) is 5.90. The molecule has 1 saturated heterocycles. The van der Waals surface area contributed by atoms with E-state index in [9.17, 15) is 0 Å². The molecule has 2 nitrogen and oxygen atoms in total. The normalized spacial score (nSPS) is 19.3. The second-order valence-electron chi connectivity index (χ2n) is 4.61. The van der Waals surface area contributed by atoms with E-state index in [1.54, 1.807) is 10.8 Å². The fraction of sp³-hybridized carbons (Fsp3) is 1.00. The molecule has 0 radical (unpaired) electrons. The lowest BCUT2D eigenvalue weighted by atomic mass is 10.1. The van der Waals surface area contributed by atoms with Crippen LogP contribution in [0.4, 0.5) is 0 Å². The highest BCUT2D eigenvalue weighted by atomic mass is 33.1. The van der Waals surface area contributed by atoms with Crippen LogP contribution in [0.3, 0.4) is 0 Å². The Bertz CT molecular complexity index is 158. The summed E-state index contributed by atoms with van der Waals surface area (Å²) in [6.07, 6.45) is 1.33. The summed E-state index contributed by atoms with van der Waals surface area (Å²) >= 11 is 4.17. The number of hydrogen-bond donors (Lipinski definition) is 1. The molecule has 0 spiro atoms. The maximum Gasteiger partial charge on any atom is 0.0547 e. The standard InChI is InChI=1S/C10H22N2S2/c1-9(2)4-5-12-6-10(7-12)11(3)8-14-13/h9-10,13H,4-8H2,1-3H3. The molecule has 1 aliphatic heterocycles. The van der Waals surface area contributed by atoms with Crippen molar-refractivity contribution >= 4 is 22.5 Å². The van der Waals surface area contributed by atoms with E-state index >= 15 is 0 Å². The van der Waals surface area contributed by atoms with Crippen LogP contribution in [0.1, 0.15) is 20.3 Å². The largest absolute Gasteiger partial charge is 0.300 e. The maximum absolute atomic E-state index is 4.17. The summed E-state index contributed by atoms with van der Waals surface area (Å²) in [5.74, 6) is 1.87. The first-order chi connectivity index (χ1) is 6.63. The molecule has 84 valence electrons. The Morgan fingerprint density at radius 3 is 2.64 bits per heavy atom. The van der Waals surface area contributed by atoms with E-state index in [1.165, 1.54) is 26.1 Å². The van der Waals surface area contributed by atoms with Crippen LogP contribution >= 0.6 is 22.5 Å². The third-order valence-electron chi connectivity index (χ3n) is 2.85. The smallest absolute Gasteiger partial charge is 0.0547 e. The molecule has 0 atom stereocenters.